The molecule has 26 heavy (non-hydrogen) atoms. The molecule has 0 bridgehead atoms. The first-order valence-corrected chi connectivity index (χ1v) is 8.35. The summed E-state index contributed by atoms with van der Waals surface area (Å²) in [6, 6.07) is 9.20. The maximum Gasteiger partial charge on any atom is 0.422 e. The van der Waals surface area contributed by atoms with Crippen LogP contribution in [0.25, 0.3) is 10.8 Å². The molecule has 1 N–H and O–H groups in total. The van der Waals surface area contributed by atoms with Gasteiger partial charge in [-0.05, 0) is 36.4 Å². The zero-order valence-electron chi connectivity index (χ0n) is 13.2. The maximum absolute atomic E-state index is 12.1. The number of carbonyl (C=O) groups is 1. The number of rotatable bonds is 6. The molecule has 0 aliphatic carbocycles. The largest absolute Gasteiger partial charge is 0.484 e. The van der Waals surface area contributed by atoms with Gasteiger partial charge in [0.25, 0.3) is 0 Å². The fourth-order valence-electron chi connectivity index (χ4n) is 2.07. The highest BCUT2D eigenvalue weighted by atomic mass is 32.1. The van der Waals surface area contributed by atoms with Crippen LogP contribution in [-0.2, 0) is 11.2 Å². The lowest BCUT2D eigenvalue weighted by molar-refractivity contribution is -0.153. The molecule has 0 aliphatic rings. The number of alkyl halides is 3. The summed E-state index contributed by atoms with van der Waals surface area (Å²) in [5.74, 6) is 0.421. The van der Waals surface area contributed by atoms with Crippen LogP contribution in [0.1, 0.15) is 5.69 Å². The minimum absolute atomic E-state index is 0.0721. The van der Waals surface area contributed by atoms with Crippen LogP contribution in [0.2, 0.25) is 0 Å². The molecule has 0 unspecified atom stereocenters. The van der Waals surface area contributed by atoms with Gasteiger partial charge in [-0.2, -0.15) is 13.2 Å². The summed E-state index contributed by atoms with van der Waals surface area (Å²) in [4.78, 5) is 16.4. The monoisotopic (exact) mass is 382 g/mol. The first-order chi connectivity index (χ1) is 12.4. The molecule has 2 aromatic heterocycles. The highest BCUT2D eigenvalue weighted by Gasteiger charge is 2.28. The Morgan fingerprint density at radius 1 is 1.23 bits per heavy atom. The topological polar surface area (TPSA) is 64.4 Å². The second-order valence-corrected chi connectivity index (χ2v) is 6.13. The van der Waals surface area contributed by atoms with Crippen LogP contribution >= 0.6 is 11.3 Å². The summed E-state index contributed by atoms with van der Waals surface area (Å²) < 4.78 is 46.2. The highest BCUT2D eigenvalue weighted by molar-refractivity contribution is 7.13. The Kier molecular flexibility index (Phi) is 5.27. The van der Waals surface area contributed by atoms with Gasteiger partial charge in [-0.1, -0.05) is 0 Å². The summed E-state index contributed by atoms with van der Waals surface area (Å²) in [7, 11) is 0. The van der Waals surface area contributed by atoms with Gasteiger partial charge in [0.15, 0.2) is 17.4 Å². The molecule has 136 valence electrons. The molecule has 9 heteroatoms. The SMILES string of the molecule is O=C(Cc1csc(-c2ccco2)n1)Nc1ccc(OCC(F)(F)F)cc1. The van der Waals surface area contributed by atoms with Crippen molar-refractivity contribution in [1.82, 2.24) is 4.98 Å². The second kappa shape index (κ2) is 7.61. The number of amides is 1. The number of nitrogens with zero attached hydrogens (tertiary/aromatic N) is 1. The van der Waals surface area contributed by atoms with E-state index in [0.717, 1.165) is 0 Å². The Morgan fingerprint density at radius 3 is 2.65 bits per heavy atom. The van der Waals surface area contributed by atoms with E-state index >= 15 is 0 Å². The van der Waals surface area contributed by atoms with Crippen molar-refractivity contribution in [3.05, 3.63) is 53.7 Å². The number of furan rings is 1. The van der Waals surface area contributed by atoms with Crippen LogP contribution in [0, 0.1) is 0 Å². The highest BCUT2D eigenvalue weighted by Crippen LogP contribution is 2.24. The van der Waals surface area contributed by atoms with Crippen LogP contribution in [0.4, 0.5) is 18.9 Å². The molecule has 0 saturated carbocycles. The zero-order chi connectivity index (χ0) is 18.6. The second-order valence-electron chi connectivity index (χ2n) is 5.27. The fraction of sp³-hybridized carbons (Fsp3) is 0.176. The van der Waals surface area contributed by atoms with Crippen LogP contribution in [0.3, 0.4) is 0 Å². The molecule has 1 amide bonds. The summed E-state index contributed by atoms with van der Waals surface area (Å²) in [5.41, 5.74) is 1.06. The molecule has 3 rings (SSSR count). The first kappa shape index (κ1) is 18.0. The van der Waals surface area contributed by atoms with Gasteiger partial charge in [-0.15, -0.1) is 11.3 Å². The van der Waals surface area contributed by atoms with Crippen molar-refractivity contribution in [1.29, 1.82) is 0 Å². The minimum atomic E-state index is -4.39. The summed E-state index contributed by atoms with van der Waals surface area (Å²) in [5, 5.41) is 5.11. The Balaban J connectivity index is 1.53. The number of anilines is 1. The van der Waals surface area contributed by atoms with E-state index in [1.165, 1.54) is 35.6 Å². The number of carbonyl (C=O) groups excluding carboxylic acids is 1. The van der Waals surface area contributed by atoms with Gasteiger partial charge >= 0.3 is 6.18 Å². The molecule has 0 radical (unpaired) electrons. The Morgan fingerprint density at radius 2 is 2.00 bits per heavy atom. The van der Waals surface area contributed by atoms with Crippen molar-refractivity contribution in [2.75, 3.05) is 11.9 Å². The molecule has 0 saturated heterocycles. The molecule has 5 nitrogen and oxygen atoms in total. The molecule has 0 spiro atoms. The van der Waals surface area contributed by atoms with Crippen LogP contribution < -0.4 is 10.1 Å². The molecule has 0 fully saturated rings. The lowest BCUT2D eigenvalue weighted by Gasteiger charge is -2.10. The Bertz CT molecular complexity index is 858. The van der Waals surface area contributed by atoms with E-state index in [-0.39, 0.29) is 18.1 Å². The number of benzene rings is 1. The fourth-order valence-corrected chi connectivity index (χ4v) is 2.86. The number of nitrogens with one attached hydrogen (secondary N) is 1. The number of aromatic nitrogens is 1. The van der Waals surface area contributed by atoms with Gasteiger partial charge in [0.1, 0.15) is 5.75 Å². The molecule has 0 aliphatic heterocycles. The van der Waals surface area contributed by atoms with Gasteiger partial charge in [0, 0.05) is 11.1 Å². The zero-order valence-corrected chi connectivity index (χ0v) is 14.1. The van der Waals surface area contributed by atoms with Crippen LogP contribution in [0.15, 0.2) is 52.5 Å². The van der Waals surface area contributed by atoms with Crippen molar-refractivity contribution in [3.63, 3.8) is 0 Å². The van der Waals surface area contributed by atoms with Gasteiger partial charge in [0.05, 0.1) is 18.4 Å². The van der Waals surface area contributed by atoms with Crippen LogP contribution in [-0.4, -0.2) is 23.7 Å². The molecule has 2 heterocycles. The van der Waals surface area contributed by atoms with Crippen LogP contribution in [0.5, 0.6) is 5.75 Å². The van der Waals surface area contributed by atoms with E-state index in [2.05, 4.69) is 15.0 Å². The molecule has 1 aromatic carbocycles. The summed E-state index contributed by atoms with van der Waals surface area (Å²) >= 11 is 1.37. The smallest absolute Gasteiger partial charge is 0.422 e. The number of hydrogen-bond acceptors (Lipinski definition) is 5. The Labute approximate surface area is 150 Å². The number of hydrogen-bond donors (Lipinski definition) is 1. The summed E-state index contributed by atoms with van der Waals surface area (Å²) in [6.07, 6.45) is -2.77. The van der Waals surface area contributed by atoms with E-state index < -0.39 is 12.8 Å². The van der Waals surface area contributed by atoms with Crippen molar-refractivity contribution >= 4 is 22.9 Å². The van der Waals surface area contributed by atoms with E-state index in [4.69, 9.17) is 4.42 Å². The lowest BCUT2D eigenvalue weighted by Crippen LogP contribution is -2.19. The van der Waals surface area contributed by atoms with Gasteiger partial charge in [0.2, 0.25) is 5.91 Å². The first-order valence-electron chi connectivity index (χ1n) is 7.47. The molecule has 0 atom stereocenters. The number of thiazole rings is 1. The molecular formula is C17H13F3N2O3S. The van der Waals surface area contributed by atoms with Crippen molar-refractivity contribution in [3.8, 4) is 16.5 Å². The van der Waals surface area contributed by atoms with E-state index in [1.54, 1.807) is 23.8 Å². The van der Waals surface area contributed by atoms with Crippen molar-refractivity contribution in [2.24, 2.45) is 0 Å². The number of ether oxygens (including phenoxy) is 1. The predicted molar refractivity (Wildman–Crippen MR) is 90.1 cm³/mol. The third kappa shape index (κ3) is 5.09. The van der Waals surface area contributed by atoms with E-state index in [9.17, 15) is 18.0 Å². The minimum Gasteiger partial charge on any atom is -0.484 e. The lowest BCUT2D eigenvalue weighted by atomic mass is 10.2. The van der Waals surface area contributed by atoms with E-state index in [1.807, 2.05) is 0 Å². The van der Waals surface area contributed by atoms with Crippen molar-refractivity contribution < 1.29 is 27.1 Å². The normalized spacial score (nSPS) is 11.3. The van der Waals surface area contributed by atoms with Crippen molar-refractivity contribution in [2.45, 2.75) is 12.6 Å². The van der Waals surface area contributed by atoms with Gasteiger partial charge in [-0.25, -0.2) is 4.98 Å². The maximum atomic E-state index is 12.1. The average molecular weight is 382 g/mol. The summed E-state index contributed by atoms with van der Waals surface area (Å²) in [6.45, 7) is -1.36. The molecule has 3 aromatic rings. The van der Waals surface area contributed by atoms with Gasteiger partial charge in [-0.3, -0.25) is 4.79 Å². The quantitative estimate of drug-likeness (QED) is 0.681. The third-order valence-electron chi connectivity index (χ3n) is 3.17. The van der Waals surface area contributed by atoms with Gasteiger partial charge < -0.3 is 14.5 Å². The standard InChI is InChI=1S/C17H13F3N2O3S/c18-17(19,20)10-25-13-5-3-11(4-6-13)21-15(23)8-12-9-26-16(22-12)14-2-1-7-24-14/h1-7,9H,8,10H2,(H,21,23). The third-order valence-corrected chi connectivity index (χ3v) is 4.07. The van der Waals surface area contributed by atoms with E-state index in [0.29, 0.717) is 22.1 Å². The molecular weight excluding hydrogens is 369 g/mol. The average Bonchev–Trinajstić information content (AvgIpc) is 3.24. The Hall–Kier alpha value is -2.81. The predicted octanol–water partition coefficient (Wildman–Crippen LogP) is 4.53. The number of halogens is 3.